The summed E-state index contributed by atoms with van der Waals surface area (Å²) in [5.41, 5.74) is 6.68. The number of hydrogen-bond acceptors (Lipinski definition) is 3. The number of aryl methyl sites for hydroxylation is 1. The predicted molar refractivity (Wildman–Crippen MR) is 101 cm³/mol. The molecule has 0 saturated carbocycles. The first-order valence-electron chi connectivity index (χ1n) is 8.24. The van der Waals surface area contributed by atoms with Gasteiger partial charge in [0.05, 0.1) is 12.8 Å². The lowest BCUT2D eigenvalue weighted by molar-refractivity contribution is 0.101. The average molecular weight is 331 g/mol. The number of Topliss-reactive ketones (excluding diaryl/α,β-unsaturated/α-hetero) is 1. The van der Waals surface area contributed by atoms with Crippen LogP contribution in [0.3, 0.4) is 0 Å². The zero-order valence-corrected chi connectivity index (χ0v) is 15.0. The molecule has 0 aliphatic carbocycles. The van der Waals surface area contributed by atoms with Crippen molar-refractivity contribution >= 4 is 5.78 Å². The Balaban J connectivity index is 2.25. The molecule has 0 bridgehead atoms. The van der Waals surface area contributed by atoms with Crippen molar-refractivity contribution < 1.29 is 9.53 Å². The monoisotopic (exact) mass is 331 g/mol. The van der Waals surface area contributed by atoms with Crippen LogP contribution in [0.5, 0.6) is 5.75 Å². The quantitative estimate of drug-likeness (QED) is 0.613. The number of carbonyl (C=O) groups excluding carboxylic acids is 1. The van der Waals surface area contributed by atoms with Crippen molar-refractivity contribution in [1.82, 2.24) is 4.98 Å². The molecule has 0 amide bonds. The molecule has 3 rings (SSSR count). The third-order valence-corrected chi connectivity index (χ3v) is 4.43. The number of pyridine rings is 1. The molecule has 25 heavy (non-hydrogen) atoms. The van der Waals surface area contributed by atoms with Gasteiger partial charge in [0.2, 0.25) is 0 Å². The van der Waals surface area contributed by atoms with Crippen LogP contribution in [-0.4, -0.2) is 17.9 Å². The van der Waals surface area contributed by atoms with Crippen molar-refractivity contribution in [1.29, 1.82) is 0 Å². The van der Waals surface area contributed by atoms with E-state index in [1.54, 1.807) is 14.0 Å². The fraction of sp³-hybridized carbons (Fsp3) is 0.182. The van der Waals surface area contributed by atoms with Gasteiger partial charge in [0.15, 0.2) is 5.78 Å². The summed E-state index contributed by atoms with van der Waals surface area (Å²) in [4.78, 5) is 16.6. The number of nitrogens with zero attached hydrogens (tertiary/aromatic N) is 1. The number of benzene rings is 2. The SMILES string of the molecule is COc1ccc(-c2nc(C(C)=O)cc(-c3ccccc3C)c2C)cc1. The highest BCUT2D eigenvalue weighted by atomic mass is 16.5. The van der Waals surface area contributed by atoms with Gasteiger partial charge >= 0.3 is 0 Å². The zero-order chi connectivity index (χ0) is 18.0. The van der Waals surface area contributed by atoms with Gasteiger partial charge in [-0.3, -0.25) is 4.79 Å². The topological polar surface area (TPSA) is 39.2 Å². The Morgan fingerprint density at radius 1 is 0.960 bits per heavy atom. The van der Waals surface area contributed by atoms with Crippen molar-refractivity contribution in [3.05, 3.63) is 71.4 Å². The summed E-state index contributed by atoms with van der Waals surface area (Å²) in [5.74, 6) is 0.757. The molecule has 3 aromatic rings. The van der Waals surface area contributed by atoms with E-state index in [1.807, 2.05) is 42.5 Å². The molecule has 0 aliphatic rings. The summed E-state index contributed by atoms with van der Waals surface area (Å²) in [6.45, 7) is 5.69. The standard InChI is InChI=1S/C22H21NO2/c1-14-7-5-6-8-19(14)20-13-21(16(3)24)23-22(15(20)2)17-9-11-18(25-4)12-10-17/h5-13H,1-4H3. The zero-order valence-electron chi connectivity index (χ0n) is 15.0. The fourth-order valence-electron chi connectivity index (χ4n) is 2.97. The molecule has 0 atom stereocenters. The van der Waals surface area contributed by atoms with Crippen molar-refractivity contribution in [2.24, 2.45) is 0 Å². The molecule has 0 spiro atoms. The molecule has 1 heterocycles. The van der Waals surface area contributed by atoms with Gasteiger partial charge in [-0.15, -0.1) is 0 Å². The van der Waals surface area contributed by atoms with Crippen LogP contribution in [0.15, 0.2) is 54.6 Å². The van der Waals surface area contributed by atoms with Gasteiger partial charge < -0.3 is 4.74 Å². The number of carbonyl (C=O) groups is 1. The Morgan fingerprint density at radius 3 is 2.24 bits per heavy atom. The Labute approximate surface area is 148 Å². The highest BCUT2D eigenvalue weighted by Crippen LogP contribution is 2.33. The summed E-state index contributed by atoms with van der Waals surface area (Å²) in [5, 5.41) is 0. The van der Waals surface area contributed by atoms with Crippen LogP contribution in [0.1, 0.15) is 28.5 Å². The summed E-state index contributed by atoms with van der Waals surface area (Å²) >= 11 is 0. The molecule has 0 radical (unpaired) electrons. The maximum Gasteiger partial charge on any atom is 0.178 e. The molecular weight excluding hydrogens is 310 g/mol. The second-order valence-corrected chi connectivity index (χ2v) is 6.13. The normalized spacial score (nSPS) is 10.6. The molecular formula is C22H21NO2. The molecule has 0 unspecified atom stereocenters. The predicted octanol–water partition coefficient (Wildman–Crippen LogP) is 5.24. The first kappa shape index (κ1) is 16.9. The van der Waals surface area contributed by atoms with Crippen molar-refractivity contribution in [3.8, 4) is 28.1 Å². The van der Waals surface area contributed by atoms with Gasteiger partial charge in [-0.1, -0.05) is 24.3 Å². The molecule has 3 nitrogen and oxygen atoms in total. The average Bonchev–Trinajstić information content (AvgIpc) is 2.62. The summed E-state index contributed by atoms with van der Waals surface area (Å²) < 4.78 is 5.23. The van der Waals surface area contributed by atoms with Crippen LogP contribution < -0.4 is 4.74 Å². The number of ether oxygens (including phenoxy) is 1. The number of rotatable bonds is 4. The second kappa shape index (κ2) is 6.89. The van der Waals surface area contributed by atoms with Crippen molar-refractivity contribution in [2.75, 3.05) is 7.11 Å². The molecule has 0 N–H and O–H groups in total. The highest BCUT2D eigenvalue weighted by Gasteiger charge is 2.15. The minimum atomic E-state index is -0.0374. The fourth-order valence-corrected chi connectivity index (χ4v) is 2.97. The van der Waals surface area contributed by atoms with E-state index in [0.29, 0.717) is 5.69 Å². The van der Waals surface area contributed by atoms with Gasteiger partial charge in [-0.05, 0) is 66.4 Å². The van der Waals surface area contributed by atoms with Gasteiger partial charge in [0, 0.05) is 12.5 Å². The summed E-state index contributed by atoms with van der Waals surface area (Å²) in [7, 11) is 1.64. The number of hydrogen-bond donors (Lipinski definition) is 0. The maximum absolute atomic E-state index is 12.0. The number of ketones is 1. The van der Waals surface area contributed by atoms with Gasteiger partial charge in [-0.25, -0.2) is 4.98 Å². The van der Waals surface area contributed by atoms with Crippen LogP contribution >= 0.6 is 0 Å². The Bertz CT molecular complexity index is 927. The van der Waals surface area contributed by atoms with E-state index in [9.17, 15) is 4.79 Å². The van der Waals surface area contributed by atoms with Crippen LogP contribution in [0, 0.1) is 13.8 Å². The minimum absolute atomic E-state index is 0.0374. The Kier molecular flexibility index (Phi) is 4.66. The van der Waals surface area contributed by atoms with E-state index in [2.05, 4.69) is 31.0 Å². The third kappa shape index (κ3) is 3.31. The molecule has 3 heteroatoms. The largest absolute Gasteiger partial charge is 0.497 e. The molecule has 126 valence electrons. The van der Waals surface area contributed by atoms with Gasteiger partial charge in [0.1, 0.15) is 11.4 Å². The summed E-state index contributed by atoms with van der Waals surface area (Å²) in [6.07, 6.45) is 0. The van der Waals surface area contributed by atoms with Crippen LogP contribution in [0.25, 0.3) is 22.4 Å². The highest BCUT2D eigenvalue weighted by molar-refractivity contribution is 5.95. The van der Waals surface area contributed by atoms with Crippen molar-refractivity contribution in [2.45, 2.75) is 20.8 Å². The first-order valence-corrected chi connectivity index (χ1v) is 8.24. The summed E-state index contributed by atoms with van der Waals surface area (Å²) in [6, 6.07) is 17.9. The van der Waals surface area contributed by atoms with Gasteiger partial charge in [0.25, 0.3) is 0 Å². The lowest BCUT2D eigenvalue weighted by Gasteiger charge is -2.15. The van der Waals surface area contributed by atoms with E-state index in [1.165, 1.54) is 5.56 Å². The lowest BCUT2D eigenvalue weighted by atomic mass is 9.93. The smallest absolute Gasteiger partial charge is 0.178 e. The molecule has 0 aliphatic heterocycles. The lowest BCUT2D eigenvalue weighted by Crippen LogP contribution is -2.03. The van der Waals surface area contributed by atoms with Gasteiger partial charge in [-0.2, -0.15) is 0 Å². The van der Waals surface area contributed by atoms with E-state index in [-0.39, 0.29) is 5.78 Å². The first-order chi connectivity index (χ1) is 12.0. The maximum atomic E-state index is 12.0. The van der Waals surface area contributed by atoms with E-state index in [4.69, 9.17) is 4.74 Å². The Hall–Kier alpha value is -2.94. The van der Waals surface area contributed by atoms with Crippen LogP contribution in [0.2, 0.25) is 0 Å². The molecule has 1 aromatic heterocycles. The third-order valence-electron chi connectivity index (χ3n) is 4.43. The Morgan fingerprint density at radius 2 is 1.64 bits per heavy atom. The minimum Gasteiger partial charge on any atom is -0.497 e. The van der Waals surface area contributed by atoms with E-state index in [0.717, 1.165) is 33.7 Å². The molecule has 2 aromatic carbocycles. The van der Waals surface area contributed by atoms with Crippen molar-refractivity contribution in [3.63, 3.8) is 0 Å². The van der Waals surface area contributed by atoms with E-state index >= 15 is 0 Å². The molecule has 0 fully saturated rings. The molecule has 0 saturated heterocycles. The van der Waals surface area contributed by atoms with Crippen LogP contribution in [-0.2, 0) is 0 Å². The van der Waals surface area contributed by atoms with Crippen LogP contribution in [0.4, 0.5) is 0 Å². The number of aromatic nitrogens is 1. The second-order valence-electron chi connectivity index (χ2n) is 6.13. The van der Waals surface area contributed by atoms with E-state index < -0.39 is 0 Å². The number of methoxy groups -OCH3 is 1.